The van der Waals surface area contributed by atoms with Gasteiger partial charge >= 0.3 is 12.0 Å². The minimum atomic E-state index is -1.37. The van der Waals surface area contributed by atoms with E-state index in [1.807, 2.05) is 6.07 Å². The normalized spacial score (nSPS) is 12.9. The van der Waals surface area contributed by atoms with Gasteiger partial charge in [0.05, 0.1) is 18.4 Å². The molecule has 0 aromatic heterocycles. The molecule has 0 aromatic rings. The standard InChI is InChI=1S/C10H16N4O4/c1-6(4-11)5-14(2)10(18)13-7(9(16)17)3-8(12)15/h6-7H,3,5H2,1-2H3,(H2,12,15)(H,13,18)(H,16,17). The number of nitriles is 1. The lowest BCUT2D eigenvalue weighted by Gasteiger charge is -2.21. The zero-order chi connectivity index (χ0) is 14.3. The maximum atomic E-state index is 11.6. The fourth-order valence-electron chi connectivity index (χ4n) is 1.20. The summed E-state index contributed by atoms with van der Waals surface area (Å²) in [5.74, 6) is -2.54. The molecule has 0 aromatic carbocycles. The second-order valence-electron chi connectivity index (χ2n) is 3.92. The summed E-state index contributed by atoms with van der Waals surface area (Å²) >= 11 is 0. The maximum Gasteiger partial charge on any atom is 0.326 e. The van der Waals surface area contributed by atoms with Crippen molar-refractivity contribution in [3.8, 4) is 6.07 Å². The first-order valence-corrected chi connectivity index (χ1v) is 5.20. The molecule has 2 atom stereocenters. The molecule has 0 aliphatic carbocycles. The Morgan fingerprint density at radius 3 is 2.44 bits per heavy atom. The number of urea groups is 1. The van der Waals surface area contributed by atoms with E-state index in [4.69, 9.17) is 16.1 Å². The maximum absolute atomic E-state index is 11.6. The Morgan fingerprint density at radius 1 is 1.50 bits per heavy atom. The van der Waals surface area contributed by atoms with Gasteiger partial charge in [0.25, 0.3) is 0 Å². The molecular formula is C10H16N4O4. The van der Waals surface area contributed by atoms with Crippen molar-refractivity contribution < 1.29 is 19.5 Å². The molecule has 18 heavy (non-hydrogen) atoms. The highest BCUT2D eigenvalue weighted by molar-refractivity contribution is 5.87. The van der Waals surface area contributed by atoms with E-state index in [1.165, 1.54) is 11.9 Å². The summed E-state index contributed by atoms with van der Waals surface area (Å²) in [6.45, 7) is 1.78. The molecule has 0 rings (SSSR count). The van der Waals surface area contributed by atoms with Crippen molar-refractivity contribution in [2.75, 3.05) is 13.6 Å². The number of hydrogen-bond acceptors (Lipinski definition) is 4. The molecule has 0 heterocycles. The van der Waals surface area contributed by atoms with Gasteiger partial charge in [-0.15, -0.1) is 0 Å². The predicted molar refractivity (Wildman–Crippen MR) is 61.2 cm³/mol. The Kier molecular flexibility index (Phi) is 6.20. The molecule has 0 aliphatic rings. The molecule has 4 N–H and O–H groups in total. The van der Waals surface area contributed by atoms with Crippen LogP contribution >= 0.6 is 0 Å². The number of amides is 3. The first-order valence-electron chi connectivity index (χ1n) is 5.20. The minimum absolute atomic E-state index is 0.158. The van der Waals surface area contributed by atoms with E-state index >= 15 is 0 Å². The third kappa shape index (κ3) is 5.69. The van der Waals surface area contributed by atoms with Crippen molar-refractivity contribution in [3.63, 3.8) is 0 Å². The third-order valence-electron chi connectivity index (χ3n) is 2.12. The van der Waals surface area contributed by atoms with Gasteiger partial charge in [0, 0.05) is 13.6 Å². The monoisotopic (exact) mass is 256 g/mol. The van der Waals surface area contributed by atoms with Crippen LogP contribution in [0, 0.1) is 17.2 Å². The van der Waals surface area contributed by atoms with Crippen molar-refractivity contribution in [2.24, 2.45) is 11.7 Å². The van der Waals surface area contributed by atoms with Gasteiger partial charge in [0.2, 0.25) is 5.91 Å². The van der Waals surface area contributed by atoms with Crippen LogP contribution in [0.4, 0.5) is 4.79 Å². The summed E-state index contributed by atoms with van der Waals surface area (Å²) in [7, 11) is 1.42. The Hall–Kier alpha value is -2.30. The average Bonchev–Trinajstić information content (AvgIpc) is 2.26. The SMILES string of the molecule is CC(C#N)CN(C)C(=O)NC(CC(N)=O)C(=O)O. The van der Waals surface area contributed by atoms with Crippen molar-refractivity contribution in [3.05, 3.63) is 0 Å². The smallest absolute Gasteiger partial charge is 0.326 e. The van der Waals surface area contributed by atoms with Gasteiger partial charge in [-0.25, -0.2) is 9.59 Å². The lowest BCUT2D eigenvalue weighted by Crippen LogP contribution is -2.48. The van der Waals surface area contributed by atoms with Crippen LogP contribution in [0.5, 0.6) is 0 Å². The van der Waals surface area contributed by atoms with Gasteiger partial charge in [-0.05, 0) is 6.92 Å². The van der Waals surface area contributed by atoms with E-state index in [9.17, 15) is 14.4 Å². The van der Waals surface area contributed by atoms with Gasteiger partial charge in [-0.3, -0.25) is 4.79 Å². The quantitative estimate of drug-likeness (QED) is 0.566. The van der Waals surface area contributed by atoms with E-state index in [1.54, 1.807) is 6.92 Å². The van der Waals surface area contributed by atoms with Gasteiger partial charge in [0.1, 0.15) is 6.04 Å². The molecule has 0 spiro atoms. The lowest BCUT2D eigenvalue weighted by atomic mass is 10.2. The van der Waals surface area contributed by atoms with Crippen LogP contribution in [0.15, 0.2) is 0 Å². The molecule has 0 radical (unpaired) electrons. The van der Waals surface area contributed by atoms with E-state index in [-0.39, 0.29) is 12.5 Å². The van der Waals surface area contributed by atoms with E-state index in [0.717, 1.165) is 0 Å². The van der Waals surface area contributed by atoms with Crippen LogP contribution in [0.3, 0.4) is 0 Å². The average molecular weight is 256 g/mol. The second-order valence-corrected chi connectivity index (χ2v) is 3.92. The number of carboxylic acid groups (broad SMARTS) is 1. The Balaban J connectivity index is 4.46. The van der Waals surface area contributed by atoms with Gasteiger partial charge in [-0.1, -0.05) is 0 Å². The lowest BCUT2D eigenvalue weighted by molar-refractivity contribution is -0.140. The molecule has 0 fully saturated rings. The highest BCUT2D eigenvalue weighted by Gasteiger charge is 2.24. The van der Waals surface area contributed by atoms with Crippen molar-refractivity contribution in [1.82, 2.24) is 10.2 Å². The molecule has 0 bridgehead atoms. The molecular weight excluding hydrogens is 240 g/mol. The highest BCUT2D eigenvalue weighted by atomic mass is 16.4. The molecule has 0 saturated heterocycles. The van der Waals surface area contributed by atoms with E-state index in [2.05, 4.69) is 5.32 Å². The number of hydrogen-bond donors (Lipinski definition) is 3. The van der Waals surface area contributed by atoms with Gasteiger partial charge in [-0.2, -0.15) is 5.26 Å². The Bertz CT molecular complexity index is 377. The molecule has 2 unspecified atom stereocenters. The number of carbonyl (C=O) groups excluding carboxylic acids is 2. The largest absolute Gasteiger partial charge is 0.480 e. The summed E-state index contributed by atoms with van der Waals surface area (Å²) < 4.78 is 0. The number of aliphatic carboxylic acids is 1. The zero-order valence-corrected chi connectivity index (χ0v) is 10.2. The number of carboxylic acids is 1. The van der Waals surface area contributed by atoms with Crippen molar-refractivity contribution >= 4 is 17.9 Å². The fourth-order valence-corrected chi connectivity index (χ4v) is 1.20. The molecule has 100 valence electrons. The summed E-state index contributed by atoms with van der Waals surface area (Å²) in [6.07, 6.45) is -0.483. The molecule has 0 saturated carbocycles. The van der Waals surface area contributed by atoms with E-state index < -0.39 is 30.4 Å². The number of carbonyl (C=O) groups is 3. The first kappa shape index (κ1) is 15.7. The van der Waals surface area contributed by atoms with Crippen molar-refractivity contribution in [2.45, 2.75) is 19.4 Å². The van der Waals surface area contributed by atoms with Crippen LogP contribution in [0.2, 0.25) is 0 Å². The van der Waals surface area contributed by atoms with Crippen LogP contribution in [0.25, 0.3) is 0 Å². The number of nitrogens with zero attached hydrogens (tertiary/aromatic N) is 2. The first-order chi connectivity index (χ1) is 8.27. The highest BCUT2D eigenvalue weighted by Crippen LogP contribution is 1.98. The number of primary amides is 1. The Labute approximate surface area is 104 Å². The van der Waals surface area contributed by atoms with Gasteiger partial charge < -0.3 is 21.1 Å². The summed E-state index contributed by atoms with van der Waals surface area (Å²) in [5.41, 5.74) is 4.88. The topological polar surface area (TPSA) is 137 Å². The molecule has 3 amide bonds. The predicted octanol–water partition coefficient (Wildman–Crippen LogP) is -0.884. The van der Waals surface area contributed by atoms with E-state index in [0.29, 0.717) is 0 Å². The molecule has 8 nitrogen and oxygen atoms in total. The van der Waals surface area contributed by atoms with Crippen LogP contribution in [-0.4, -0.2) is 47.5 Å². The van der Waals surface area contributed by atoms with Crippen LogP contribution < -0.4 is 11.1 Å². The summed E-state index contributed by atoms with van der Waals surface area (Å²) in [6, 6.07) is -0.0942. The van der Waals surface area contributed by atoms with Crippen molar-refractivity contribution in [1.29, 1.82) is 5.26 Å². The number of nitrogens with two attached hydrogens (primary N) is 1. The van der Waals surface area contributed by atoms with Crippen LogP contribution in [-0.2, 0) is 9.59 Å². The minimum Gasteiger partial charge on any atom is -0.480 e. The fraction of sp³-hybridized carbons (Fsp3) is 0.600. The Morgan fingerprint density at radius 2 is 2.06 bits per heavy atom. The number of nitrogens with one attached hydrogen (secondary N) is 1. The van der Waals surface area contributed by atoms with Crippen LogP contribution in [0.1, 0.15) is 13.3 Å². The molecule has 0 aliphatic heterocycles. The summed E-state index contributed by atoms with van der Waals surface area (Å²) in [5, 5.41) is 19.5. The zero-order valence-electron chi connectivity index (χ0n) is 10.2. The number of rotatable bonds is 6. The van der Waals surface area contributed by atoms with Gasteiger partial charge in [0.15, 0.2) is 0 Å². The summed E-state index contributed by atoms with van der Waals surface area (Å²) in [4.78, 5) is 34.2. The molecule has 8 heteroatoms. The second kappa shape index (κ2) is 7.11. The third-order valence-corrected chi connectivity index (χ3v) is 2.12.